The van der Waals surface area contributed by atoms with E-state index in [1.807, 2.05) is 50.4 Å². The molecular weight excluding hydrogens is 354 g/mol. The van der Waals surface area contributed by atoms with Gasteiger partial charge < -0.3 is 14.4 Å². The molecule has 0 radical (unpaired) electrons. The van der Waals surface area contributed by atoms with Crippen LogP contribution in [0, 0.1) is 0 Å². The Balaban J connectivity index is 1.59. The van der Waals surface area contributed by atoms with Crippen LogP contribution in [0.25, 0.3) is 10.8 Å². The highest BCUT2D eigenvalue weighted by Crippen LogP contribution is 2.26. The van der Waals surface area contributed by atoms with Crippen LogP contribution < -0.4 is 4.74 Å². The monoisotopic (exact) mass is 383 g/mol. The van der Waals surface area contributed by atoms with Crippen LogP contribution in [0.3, 0.4) is 0 Å². The molecule has 1 saturated carbocycles. The predicted octanol–water partition coefficient (Wildman–Crippen LogP) is 4.29. The van der Waals surface area contributed by atoms with Gasteiger partial charge in [0.1, 0.15) is 5.75 Å². The van der Waals surface area contributed by atoms with Gasteiger partial charge in [-0.15, -0.1) is 0 Å². The highest BCUT2D eigenvalue weighted by molar-refractivity contribution is 5.87. The summed E-state index contributed by atoms with van der Waals surface area (Å²) in [5.74, 6) is -0.135. The quantitative estimate of drug-likeness (QED) is 0.699. The molecule has 1 aliphatic rings. The Morgan fingerprint density at radius 1 is 1.07 bits per heavy atom. The maximum absolute atomic E-state index is 12.5. The van der Waals surface area contributed by atoms with E-state index in [1.165, 1.54) is 6.42 Å². The lowest BCUT2D eigenvalue weighted by atomic mass is 9.94. The van der Waals surface area contributed by atoms with E-state index in [0.717, 1.165) is 47.8 Å². The van der Waals surface area contributed by atoms with Crippen molar-refractivity contribution in [2.24, 2.45) is 0 Å². The lowest BCUT2D eigenvalue weighted by molar-refractivity contribution is -0.153. The number of amides is 1. The number of fused-ring (bicyclic) bond motifs is 1. The molecule has 1 amide bonds. The standard InChI is InChI=1S/C23H29NO4/c1-16(17-9-10-19-14-21(27-3)12-11-18(19)13-17)23(26)28-15-22(25)24(2)20-7-5-4-6-8-20/h9-14,16,20H,4-8,15H2,1-3H3/t16-/m0/s1. The van der Waals surface area contributed by atoms with Crippen LogP contribution in [0.2, 0.25) is 0 Å². The molecule has 1 aliphatic carbocycles. The van der Waals surface area contributed by atoms with Crippen molar-refractivity contribution < 1.29 is 19.1 Å². The average molecular weight is 383 g/mol. The molecule has 0 spiro atoms. The van der Waals surface area contributed by atoms with Crippen molar-refractivity contribution in [2.75, 3.05) is 20.8 Å². The first-order valence-corrected chi connectivity index (χ1v) is 9.99. The zero-order valence-electron chi connectivity index (χ0n) is 16.9. The Hall–Kier alpha value is -2.56. The third-order valence-corrected chi connectivity index (χ3v) is 5.78. The zero-order chi connectivity index (χ0) is 20.1. The number of methoxy groups -OCH3 is 1. The summed E-state index contributed by atoms with van der Waals surface area (Å²) < 4.78 is 10.6. The van der Waals surface area contributed by atoms with Crippen molar-refractivity contribution in [1.82, 2.24) is 4.90 Å². The molecule has 1 atom stereocenters. The fraction of sp³-hybridized carbons (Fsp3) is 0.478. The Labute approximate surface area is 166 Å². The Morgan fingerprint density at radius 2 is 1.75 bits per heavy atom. The van der Waals surface area contributed by atoms with Gasteiger partial charge in [0.2, 0.25) is 0 Å². The molecular formula is C23H29NO4. The van der Waals surface area contributed by atoms with Crippen LogP contribution in [-0.2, 0) is 14.3 Å². The van der Waals surface area contributed by atoms with Gasteiger partial charge in [0, 0.05) is 13.1 Å². The fourth-order valence-corrected chi connectivity index (χ4v) is 3.81. The third kappa shape index (κ3) is 4.64. The molecule has 0 heterocycles. The number of hydrogen-bond acceptors (Lipinski definition) is 4. The Morgan fingerprint density at radius 3 is 2.46 bits per heavy atom. The summed E-state index contributed by atoms with van der Waals surface area (Å²) in [6, 6.07) is 12.0. The van der Waals surface area contributed by atoms with Crippen LogP contribution >= 0.6 is 0 Å². The van der Waals surface area contributed by atoms with Crippen molar-refractivity contribution in [3.8, 4) is 5.75 Å². The minimum atomic E-state index is -0.431. The molecule has 0 saturated heterocycles. The molecule has 3 rings (SSSR count). The zero-order valence-corrected chi connectivity index (χ0v) is 16.9. The van der Waals surface area contributed by atoms with Gasteiger partial charge in [-0.1, -0.05) is 43.5 Å². The molecule has 1 fully saturated rings. The summed E-state index contributed by atoms with van der Waals surface area (Å²) in [7, 11) is 3.45. The lowest BCUT2D eigenvalue weighted by Crippen LogP contribution is -2.40. The number of carbonyl (C=O) groups is 2. The van der Waals surface area contributed by atoms with Crippen molar-refractivity contribution in [3.05, 3.63) is 42.0 Å². The summed E-state index contributed by atoms with van der Waals surface area (Å²) in [5.41, 5.74) is 0.871. The minimum Gasteiger partial charge on any atom is -0.497 e. The summed E-state index contributed by atoms with van der Waals surface area (Å²) in [4.78, 5) is 26.6. The maximum atomic E-state index is 12.5. The SMILES string of the molecule is COc1ccc2cc([C@H](C)C(=O)OCC(=O)N(C)C3CCCCC3)ccc2c1. The van der Waals surface area contributed by atoms with Crippen molar-refractivity contribution >= 4 is 22.6 Å². The van der Waals surface area contributed by atoms with E-state index in [-0.39, 0.29) is 24.5 Å². The van der Waals surface area contributed by atoms with E-state index in [1.54, 1.807) is 12.0 Å². The minimum absolute atomic E-state index is 0.127. The number of hydrogen-bond donors (Lipinski definition) is 0. The van der Waals surface area contributed by atoms with Crippen LogP contribution in [0.4, 0.5) is 0 Å². The predicted molar refractivity (Wildman–Crippen MR) is 110 cm³/mol. The van der Waals surface area contributed by atoms with E-state index in [9.17, 15) is 9.59 Å². The molecule has 0 bridgehead atoms. The van der Waals surface area contributed by atoms with Gasteiger partial charge >= 0.3 is 5.97 Å². The molecule has 0 N–H and O–H groups in total. The van der Waals surface area contributed by atoms with Gasteiger partial charge in [0.15, 0.2) is 6.61 Å². The average Bonchev–Trinajstić information content (AvgIpc) is 2.75. The van der Waals surface area contributed by atoms with Crippen LogP contribution in [0.15, 0.2) is 36.4 Å². The first-order chi connectivity index (χ1) is 13.5. The molecule has 150 valence electrons. The van der Waals surface area contributed by atoms with Crippen molar-refractivity contribution in [3.63, 3.8) is 0 Å². The number of ether oxygens (including phenoxy) is 2. The normalized spacial score (nSPS) is 15.8. The number of rotatable bonds is 6. The highest BCUT2D eigenvalue weighted by Gasteiger charge is 2.24. The van der Waals surface area contributed by atoms with Crippen molar-refractivity contribution in [2.45, 2.75) is 51.0 Å². The molecule has 28 heavy (non-hydrogen) atoms. The first-order valence-electron chi connectivity index (χ1n) is 9.99. The third-order valence-electron chi connectivity index (χ3n) is 5.78. The van der Waals surface area contributed by atoms with Gasteiger partial charge in [-0.25, -0.2) is 0 Å². The Kier molecular flexibility index (Phi) is 6.55. The number of nitrogens with zero attached hydrogens (tertiary/aromatic N) is 1. The number of esters is 1. The maximum Gasteiger partial charge on any atom is 0.313 e. The van der Waals surface area contributed by atoms with E-state index < -0.39 is 5.92 Å². The van der Waals surface area contributed by atoms with E-state index >= 15 is 0 Å². The largest absolute Gasteiger partial charge is 0.497 e. The van der Waals surface area contributed by atoms with E-state index in [2.05, 4.69) is 0 Å². The van der Waals surface area contributed by atoms with Gasteiger partial charge in [-0.3, -0.25) is 9.59 Å². The van der Waals surface area contributed by atoms with Crippen LogP contribution in [0.1, 0.15) is 50.5 Å². The molecule has 0 aliphatic heterocycles. The topological polar surface area (TPSA) is 55.8 Å². The first kappa shape index (κ1) is 20.2. The number of benzene rings is 2. The van der Waals surface area contributed by atoms with E-state index in [4.69, 9.17) is 9.47 Å². The molecule has 2 aromatic carbocycles. The summed E-state index contributed by atoms with van der Waals surface area (Å²) >= 11 is 0. The second kappa shape index (κ2) is 9.09. The molecule has 5 heteroatoms. The smallest absolute Gasteiger partial charge is 0.313 e. The molecule has 0 aromatic heterocycles. The molecule has 0 unspecified atom stereocenters. The molecule has 2 aromatic rings. The number of likely N-dealkylation sites (N-methyl/N-ethyl adjacent to an activating group) is 1. The fourth-order valence-electron chi connectivity index (χ4n) is 3.81. The second-order valence-corrected chi connectivity index (χ2v) is 7.60. The van der Waals surface area contributed by atoms with Crippen LogP contribution in [0.5, 0.6) is 5.75 Å². The van der Waals surface area contributed by atoms with Gasteiger partial charge in [0.25, 0.3) is 5.91 Å². The van der Waals surface area contributed by atoms with Crippen LogP contribution in [-0.4, -0.2) is 43.6 Å². The van der Waals surface area contributed by atoms with Gasteiger partial charge in [-0.2, -0.15) is 0 Å². The summed E-state index contributed by atoms with van der Waals surface area (Å²) in [5, 5.41) is 2.08. The summed E-state index contributed by atoms with van der Waals surface area (Å²) in [6.07, 6.45) is 5.63. The van der Waals surface area contributed by atoms with Gasteiger partial charge in [0.05, 0.1) is 13.0 Å². The summed E-state index contributed by atoms with van der Waals surface area (Å²) in [6.45, 7) is 1.61. The lowest BCUT2D eigenvalue weighted by Gasteiger charge is -2.31. The van der Waals surface area contributed by atoms with E-state index in [0.29, 0.717) is 0 Å². The highest BCUT2D eigenvalue weighted by atomic mass is 16.5. The van der Waals surface area contributed by atoms with Gasteiger partial charge in [-0.05, 0) is 48.2 Å². The molecule has 5 nitrogen and oxygen atoms in total. The number of carbonyl (C=O) groups excluding carboxylic acids is 2. The second-order valence-electron chi connectivity index (χ2n) is 7.60. The Bertz CT molecular complexity index is 842. The van der Waals surface area contributed by atoms with Crippen molar-refractivity contribution in [1.29, 1.82) is 0 Å².